The predicted octanol–water partition coefficient (Wildman–Crippen LogP) is 1.62. The van der Waals surface area contributed by atoms with Crippen LogP contribution in [0.5, 0.6) is 0 Å². The molecular formula is C13H22N4. The third-order valence-corrected chi connectivity index (χ3v) is 3.21. The van der Waals surface area contributed by atoms with E-state index in [1.807, 2.05) is 6.20 Å². The Hall–Kier alpha value is -1.16. The van der Waals surface area contributed by atoms with E-state index >= 15 is 0 Å². The molecule has 1 aliphatic heterocycles. The van der Waals surface area contributed by atoms with Gasteiger partial charge in [-0.15, -0.1) is 5.10 Å². The molecule has 1 N–H and O–H groups in total. The number of aryl methyl sites for hydroxylation is 1. The van der Waals surface area contributed by atoms with Gasteiger partial charge in [0, 0.05) is 26.2 Å². The number of rotatable bonds is 5. The van der Waals surface area contributed by atoms with Crippen molar-refractivity contribution in [2.75, 3.05) is 31.1 Å². The highest BCUT2D eigenvalue weighted by Gasteiger charge is 2.12. The molecule has 1 aromatic heterocycles. The first-order valence-corrected chi connectivity index (χ1v) is 6.67. The number of piperazine rings is 1. The summed E-state index contributed by atoms with van der Waals surface area (Å²) in [6.45, 7) is 6.39. The van der Waals surface area contributed by atoms with Crippen molar-refractivity contribution in [3.63, 3.8) is 0 Å². The van der Waals surface area contributed by atoms with E-state index in [9.17, 15) is 0 Å². The quantitative estimate of drug-likeness (QED) is 0.786. The van der Waals surface area contributed by atoms with E-state index in [-0.39, 0.29) is 0 Å². The third kappa shape index (κ3) is 3.66. The van der Waals surface area contributed by atoms with Crippen molar-refractivity contribution < 1.29 is 0 Å². The van der Waals surface area contributed by atoms with Gasteiger partial charge >= 0.3 is 0 Å². The summed E-state index contributed by atoms with van der Waals surface area (Å²) in [6, 6.07) is 2.20. The minimum atomic E-state index is 1.03. The number of unbranched alkanes of at least 4 members (excludes halogenated alkanes) is 2. The lowest BCUT2D eigenvalue weighted by Gasteiger charge is -2.28. The van der Waals surface area contributed by atoms with E-state index in [1.165, 1.54) is 24.8 Å². The van der Waals surface area contributed by atoms with E-state index in [4.69, 9.17) is 0 Å². The van der Waals surface area contributed by atoms with Gasteiger partial charge in [-0.1, -0.05) is 19.8 Å². The molecule has 1 aliphatic rings. The summed E-state index contributed by atoms with van der Waals surface area (Å²) in [4.78, 5) is 2.31. The van der Waals surface area contributed by atoms with Crippen molar-refractivity contribution >= 4 is 5.82 Å². The smallest absolute Gasteiger partial charge is 0.151 e. The molecule has 0 aromatic carbocycles. The van der Waals surface area contributed by atoms with Gasteiger partial charge in [0.2, 0.25) is 0 Å². The van der Waals surface area contributed by atoms with Crippen LogP contribution in [0, 0.1) is 0 Å². The van der Waals surface area contributed by atoms with Crippen LogP contribution in [-0.2, 0) is 6.42 Å². The van der Waals surface area contributed by atoms with E-state index < -0.39 is 0 Å². The molecule has 1 saturated heterocycles. The predicted molar refractivity (Wildman–Crippen MR) is 70.3 cm³/mol. The summed E-state index contributed by atoms with van der Waals surface area (Å²) in [5.41, 5.74) is 1.32. The van der Waals surface area contributed by atoms with Crippen LogP contribution in [0.4, 0.5) is 5.82 Å². The molecule has 94 valence electrons. The van der Waals surface area contributed by atoms with E-state index in [0.717, 1.165) is 38.4 Å². The summed E-state index contributed by atoms with van der Waals surface area (Å²) in [5.74, 6) is 1.04. The van der Waals surface area contributed by atoms with Crippen molar-refractivity contribution in [2.24, 2.45) is 0 Å². The van der Waals surface area contributed by atoms with E-state index in [0.29, 0.717) is 0 Å². The molecule has 17 heavy (non-hydrogen) atoms. The molecule has 4 nitrogen and oxygen atoms in total. The maximum atomic E-state index is 4.24. The third-order valence-electron chi connectivity index (χ3n) is 3.21. The number of nitrogens with zero attached hydrogens (tertiary/aromatic N) is 3. The van der Waals surface area contributed by atoms with Gasteiger partial charge in [0.05, 0.1) is 6.20 Å². The maximum absolute atomic E-state index is 4.24. The zero-order chi connectivity index (χ0) is 11.9. The Morgan fingerprint density at radius 3 is 2.88 bits per heavy atom. The largest absolute Gasteiger partial charge is 0.353 e. The Bertz CT molecular complexity index is 334. The van der Waals surface area contributed by atoms with E-state index in [1.54, 1.807) is 0 Å². The molecule has 0 aliphatic carbocycles. The fourth-order valence-corrected chi connectivity index (χ4v) is 2.16. The van der Waals surface area contributed by atoms with Crippen LogP contribution in [0.15, 0.2) is 12.3 Å². The van der Waals surface area contributed by atoms with Crippen LogP contribution in [0.3, 0.4) is 0 Å². The van der Waals surface area contributed by atoms with Crippen LogP contribution in [0.1, 0.15) is 31.7 Å². The summed E-state index contributed by atoms with van der Waals surface area (Å²) >= 11 is 0. The van der Waals surface area contributed by atoms with Crippen molar-refractivity contribution in [2.45, 2.75) is 32.6 Å². The molecule has 0 spiro atoms. The Labute approximate surface area is 103 Å². The Kier molecular flexibility index (Phi) is 4.74. The average molecular weight is 234 g/mol. The minimum Gasteiger partial charge on any atom is -0.353 e. The topological polar surface area (TPSA) is 41.1 Å². The molecule has 0 unspecified atom stereocenters. The molecule has 0 atom stereocenters. The van der Waals surface area contributed by atoms with Crippen molar-refractivity contribution in [3.05, 3.63) is 17.8 Å². The maximum Gasteiger partial charge on any atom is 0.151 e. The fourth-order valence-electron chi connectivity index (χ4n) is 2.16. The Morgan fingerprint density at radius 2 is 2.12 bits per heavy atom. The van der Waals surface area contributed by atoms with Gasteiger partial charge in [-0.05, 0) is 24.5 Å². The molecule has 0 bridgehead atoms. The highest BCUT2D eigenvalue weighted by Crippen LogP contribution is 2.13. The molecule has 0 saturated carbocycles. The van der Waals surface area contributed by atoms with Gasteiger partial charge in [0.1, 0.15) is 0 Å². The summed E-state index contributed by atoms with van der Waals surface area (Å²) < 4.78 is 0. The average Bonchev–Trinajstić information content (AvgIpc) is 2.41. The van der Waals surface area contributed by atoms with Crippen molar-refractivity contribution in [1.29, 1.82) is 0 Å². The highest BCUT2D eigenvalue weighted by molar-refractivity contribution is 5.40. The first-order valence-electron chi connectivity index (χ1n) is 6.67. The van der Waals surface area contributed by atoms with Gasteiger partial charge in [-0.2, -0.15) is 5.10 Å². The SMILES string of the molecule is CCCCCc1cnnc(N2CCNCC2)c1. The number of aromatic nitrogens is 2. The lowest BCUT2D eigenvalue weighted by atomic mass is 10.1. The van der Waals surface area contributed by atoms with Gasteiger partial charge in [-0.3, -0.25) is 0 Å². The number of hydrogen-bond donors (Lipinski definition) is 1. The highest BCUT2D eigenvalue weighted by atomic mass is 15.3. The lowest BCUT2D eigenvalue weighted by molar-refractivity contribution is 0.582. The van der Waals surface area contributed by atoms with Gasteiger partial charge in [0.15, 0.2) is 5.82 Å². The summed E-state index contributed by atoms with van der Waals surface area (Å²) in [5, 5.41) is 11.7. The molecule has 0 amide bonds. The second kappa shape index (κ2) is 6.55. The zero-order valence-corrected chi connectivity index (χ0v) is 10.7. The summed E-state index contributed by atoms with van der Waals surface area (Å²) in [7, 11) is 0. The van der Waals surface area contributed by atoms with Crippen LogP contribution in [0.2, 0.25) is 0 Å². The molecule has 2 rings (SSSR count). The van der Waals surface area contributed by atoms with Crippen LogP contribution < -0.4 is 10.2 Å². The minimum absolute atomic E-state index is 1.03. The normalized spacial score (nSPS) is 16.2. The van der Waals surface area contributed by atoms with Gasteiger partial charge in [-0.25, -0.2) is 0 Å². The van der Waals surface area contributed by atoms with Crippen molar-refractivity contribution in [3.8, 4) is 0 Å². The zero-order valence-electron chi connectivity index (χ0n) is 10.7. The number of hydrogen-bond acceptors (Lipinski definition) is 4. The molecular weight excluding hydrogens is 212 g/mol. The lowest BCUT2D eigenvalue weighted by Crippen LogP contribution is -2.44. The first-order chi connectivity index (χ1) is 8.40. The molecule has 4 heteroatoms. The Balaban J connectivity index is 1.95. The second-order valence-corrected chi connectivity index (χ2v) is 4.62. The Morgan fingerprint density at radius 1 is 1.29 bits per heavy atom. The standard InChI is InChI=1S/C13H22N4/c1-2-3-4-5-12-10-13(16-15-11-12)17-8-6-14-7-9-17/h10-11,14H,2-9H2,1H3. The second-order valence-electron chi connectivity index (χ2n) is 4.62. The van der Waals surface area contributed by atoms with Gasteiger partial charge in [0.25, 0.3) is 0 Å². The number of nitrogens with one attached hydrogen (secondary N) is 1. The monoisotopic (exact) mass is 234 g/mol. The van der Waals surface area contributed by atoms with Crippen LogP contribution >= 0.6 is 0 Å². The first kappa shape index (κ1) is 12.3. The summed E-state index contributed by atoms with van der Waals surface area (Å²) in [6.07, 6.45) is 6.85. The fraction of sp³-hybridized carbons (Fsp3) is 0.692. The molecule has 2 heterocycles. The van der Waals surface area contributed by atoms with Crippen molar-refractivity contribution in [1.82, 2.24) is 15.5 Å². The molecule has 1 fully saturated rings. The van der Waals surface area contributed by atoms with Crippen LogP contribution in [-0.4, -0.2) is 36.4 Å². The van der Waals surface area contributed by atoms with Gasteiger partial charge < -0.3 is 10.2 Å². The number of anilines is 1. The van der Waals surface area contributed by atoms with E-state index in [2.05, 4.69) is 33.4 Å². The molecule has 1 aromatic rings. The molecule has 0 radical (unpaired) electrons. The van der Waals surface area contributed by atoms with Crippen LogP contribution in [0.25, 0.3) is 0 Å².